The zero-order valence-electron chi connectivity index (χ0n) is 10.8. The lowest BCUT2D eigenvalue weighted by molar-refractivity contribution is -0.131. The number of hydrogen-bond donors (Lipinski definition) is 0. The zero-order chi connectivity index (χ0) is 13.8. The van der Waals surface area contributed by atoms with E-state index in [1.165, 1.54) is 6.92 Å². The van der Waals surface area contributed by atoms with Crippen molar-refractivity contribution in [3.05, 3.63) is 35.9 Å². The van der Waals surface area contributed by atoms with Gasteiger partial charge in [-0.05, 0) is 6.07 Å². The Bertz CT molecular complexity index is 631. The van der Waals surface area contributed by atoms with Gasteiger partial charge in [0.15, 0.2) is 0 Å². The van der Waals surface area contributed by atoms with Gasteiger partial charge in [0.2, 0.25) is 0 Å². The van der Waals surface area contributed by atoms with Gasteiger partial charge in [0, 0.05) is 29.7 Å². The second-order valence-electron chi connectivity index (χ2n) is 4.07. The molecular formula is C15H14O4. The van der Waals surface area contributed by atoms with E-state index in [-0.39, 0.29) is 6.42 Å². The first kappa shape index (κ1) is 13.1. The van der Waals surface area contributed by atoms with E-state index >= 15 is 0 Å². The van der Waals surface area contributed by atoms with Crippen molar-refractivity contribution >= 4 is 23.0 Å². The van der Waals surface area contributed by atoms with Gasteiger partial charge in [0.1, 0.15) is 17.8 Å². The van der Waals surface area contributed by atoms with Crippen LogP contribution in [0.15, 0.2) is 30.3 Å². The Balaban J connectivity index is 2.71. The molecule has 0 atom stereocenters. The van der Waals surface area contributed by atoms with Crippen LogP contribution in [0.25, 0.3) is 10.8 Å². The van der Waals surface area contributed by atoms with Gasteiger partial charge in [-0.15, -0.1) is 0 Å². The summed E-state index contributed by atoms with van der Waals surface area (Å²) in [4.78, 5) is 21.9. The molecule has 0 N–H and O–H groups in total. The smallest absolute Gasteiger partial charge is 0.308 e. The molecule has 0 aliphatic heterocycles. The van der Waals surface area contributed by atoms with Crippen molar-refractivity contribution < 1.29 is 19.1 Å². The largest absolute Gasteiger partial charge is 0.496 e. The SMILES string of the molecule is COc1cccc2c(OC(C)=O)c(CC=O)ccc12. The summed E-state index contributed by atoms with van der Waals surface area (Å²) >= 11 is 0. The van der Waals surface area contributed by atoms with E-state index in [9.17, 15) is 9.59 Å². The summed E-state index contributed by atoms with van der Waals surface area (Å²) in [5.41, 5.74) is 0.686. The van der Waals surface area contributed by atoms with Gasteiger partial charge in [-0.3, -0.25) is 4.79 Å². The minimum Gasteiger partial charge on any atom is -0.496 e. The number of carbonyl (C=O) groups excluding carboxylic acids is 2. The normalized spacial score (nSPS) is 10.2. The molecule has 0 spiro atoms. The van der Waals surface area contributed by atoms with E-state index in [1.54, 1.807) is 13.2 Å². The number of benzene rings is 2. The molecule has 0 aliphatic rings. The van der Waals surface area contributed by atoms with E-state index in [0.29, 0.717) is 17.1 Å². The lowest BCUT2D eigenvalue weighted by Gasteiger charge is -2.12. The number of ether oxygens (including phenoxy) is 2. The quantitative estimate of drug-likeness (QED) is 0.480. The summed E-state index contributed by atoms with van der Waals surface area (Å²) in [6, 6.07) is 9.13. The molecule has 2 rings (SSSR count). The van der Waals surface area contributed by atoms with Crippen LogP contribution in [0.2, 0.25) is 0 Å². The maximum Gasteiger partial charge on any atom is 0.308 e. The first-order chi connectivity index (χ1) is 9.17. The third kappa shape index (κ3) is 2.57. The van der Waals surface area contributed by atoms with Crippen LogP contribution in [0.1, 0.15) is 12.5 Å². The van der Waals surface area contributed by atoms with Crippen molar-refractivity contribution in [2.75, 3.05) is 7.11 Å². The van der Waals surface area contributed by atoms with E-state index in [2.05, 4.69) is 0 Å². The molecular weight excluding hydrogens is 244 g/mol. The van der Waals surface area contributed by atoms with Gasteiger partial charge >= 0.3 is 5.97 Å². The highest BCUT2D eigenvalue weighted by Crippen LogP contribution is 2.35. The highest BCUT2D eigenvalue weighted by molar-refractivity contribution is 5.96. The maximum absolute atomic E-state index is 11.2. The Kier molecular flexibility index (Phi) is 3.80. The topological polar surface area (TPSA) is 52.6 Å². The fraction of sp³-hybridized carbons (Fsp3) is 0.200. The Morgan fingerprint density at radius 3 is 2.63 bits per heavy atom. The Morgan fingerprint density at radius 2 is 2.00 bits per heavy atom. The molecule has 0 bridgehead atoms. The molecule has 0 saturated heterocycles. The third-order valence-electron chi connectivity index (χ3n) is 2.82. The molecule has 19 heavy (non-hydrogen) atoms. The standard InChI is InChI=1S/C15H14O4/c1-10(17)19-15-11(8-9-16)6-7-12-13(15)4-3-5-14(12)18-2/h3-7,9H,8H2,1-2H3. The Morgan fingerprint density at radius 1 is 1.21 bits per heavy atom. The van der Waals surface area contributed by atoms with Crippen molar-refractivity contribution in [3.8, 4) is 11.5 Å². The molecule has 0 amide bonds. The lowest BCUT2D eigenvalue weighted by atomic mass is 10.0. The van der Waals surface area contributed by atoms with Crippen LogP contribution < -0.4 is 9.47 Å². The summed E-state index contributed by atoms with van der Waals surface area (Å²) in [5.74, 6) is 0.710. The van der Waals surface area contributed by atoms with Crippen LogP contribution in [0.4, 0.5) is 0 Å². The van der Waals surface area contributed by atoms with Crippen molar-refractivity contribution in [2.24, 2.45) is 0 Å². The summed E-state index contributed by atoms with van der Waals surface area (Å²) in [7, 11) is 1.58. The maximum atomic E-state index is 11.2. The van der Waals surface area contributed by atoms with Crippen molar-refractivity contribution in [3.63, 3.8) is 0 Å². The van der Waals surface area contributed by atoms with E-state index < -0.39 is 5.97 Å². The summed E-state index contributed by atoms with van der Waals surface area (Å²) in [6.07, 6.45) is 0.990. The van der Waals surface area contributed by atoms with E-state index in [4.69, 9.17) is 9.47 Å². The fourth-order valence-corrected chi connectivity index (χ4v) is 2.04. The molecule has 2 aromatic carbocycles. The predicted molar refractivity (Wildman–Crippen MR) is 71.6 cm³/mol. The van der Waals surface area contributed by atoms with Gasteiger partial charge in [-0.1, -0.05) is 24.3 Å². The molecule has 0 fully saturated rings. The average molecular weight is 258 g/mol. The van der Waals surface area contributed by atoms with Gasteiger partial charge in [0.05, 0.1) is 7.11 Å². The van der Waals surface area contributed by atoms with Gasteiger partial charge < -0.3 is 14.3 Å². The number of fused-ring (bicyclic) bond motifs is 1. The number of hydrogen-bond acceptors (Lipinski definition) is 4. The van der Waals surface area contributed by atoms with Crippen molar-refractivity contribution in [1.82, 2.24) is 0 Å². The Labute approximate surface area is 110 Å². The highest BCUT2D eigenvalue weighted by Gasteiger charge is 2.13. The number of esters is 1. The number of carbonyl (C=O) groups is 2. The predicted octanol–water partition coefficient (Wildman–Crippen LogP) is 2.52. The minimum absolute atomic E-state index is 0.204. The number of aldehydes is 1. The average Bonchev–Trinajstić information content (AvgIpc) is 2.40. The summed E-state index contributed by atoms with van der Waals surface area (Å²) in [6.45, 7) is 1.34. The molecule has 0 aromatic heterocycles. The van der Waals surface area contributed by atoms with Crippen LogP contribution >= 0.6 is 0 Å². The molecule has 0 saturated carbocycles. The van der Waals surface area contributed by atoms with E-state index in [0.717, 1.165) is 17.1 Å². The Hall–Kier alpha value is -2.36. The van der Waals surface area contributed by atoms with Gasteiger partial charge in [-0.2, -0.15) is 0 Å². The first-order valence-corrected chi connectivity index (χ1v) is 5.88. The fourth-order valence-electron chi connectivity index (χ4n) is 2.04. The lowest BCUT2D eigenvalue weighted by Crippen LogP contribution is -2.05. The van der Waals surface area contributed by atoms with Crippen LogP contribution in [-0.2, 0) is 16.0 Å². The van der Waals surface area contributed by atoms with E-state index in [1.807, 2.05) is 24.3 Å². The third-order valence-corrected chi connectivity index (χ3v) is 2.82. The molecule has 4 heteroatoms. The summed E-state index contributed by atoms with van der Waals surface area (Å²) in [5, 5.41) is 1.60. The number of methoxy groups -OCH3 is 1. The first-order valence-electron chi connectivity index (χ1n) is 5.88. The summed E-state index contributed by atoms with van der Waals surface area (Å²) < 4.78 is 10.5. The molecule has 0 unspecified atom stereocenters. The number of rotatable bonds is 4. The van der Waals surface area contributed by atoms with Gasteiger partial charge in [-0.25, -0.2) is 0 Å². The van der Waals surface area contributed by atoms with Crippen molar-refractivity contribution in [2.45, 2.75) is 13.3 Å². The zero-order valence-corrected chi connectivity index (χ0v) is 10.8. The molecule has 0 aliphatic carbocycles. The van der Waals surface area contributed by atoms with Gasteiger partial charge in [0.25, 0.3) is 0 Å². The molecule has 2 aromatic rings. The highest BCUT2D eigenvalue weighted by atomic mass is 16.5. The molecule has 98 valence electrons. The van der Waals surface area contributed by atoms with Crippen LogP contribution in [0, 0.1) is 0 Å². The van der Waals surface area contributed by atoms with Crippen molar-refractivity contribution in [1.29, 1.82) is 0 Å². The molecule has 4 nitrogen and oxygen atoms in total. The van der Waals surface area contributed by atoms with Crippen LogP contribution in [-0.4, -0.2) is 19.4 Å². The second-order valence-corrected chi connectivity index (χ2v) is 4.07. The monoisotopic (exact) mass is 258 g/mol. The second kappa shape index (κ2) is 5.52. The van der Waals surface area contributed by atoms with Crippen LogP contribution in [0.5, 0.6) is 11.5 Å². The van der Waals surface area contributed by atoms with Crippen LogP contribution in [0.3, 0.4) is 0 Å². The molecule has 0 heterocycles. The molecule has 0 radical (unpaired) electrons. The minimum atomic E-state index is -0.414.